The predicted octanol–water partition coefficient (Wildman–Crippen LogP) is 0.679. The molecule has 4 nitrogen and oxygen atoms in total. The van der Waals surface area contributed by atoms with Crippen molar-refractivity contribution in [1.82, 2.24) is 10.2 Å². The molecule has 0 aromatic rings. The molecule has 0 amide bonds. The third-order valence-electron chi connectivity index (χ3n) is 2.40. The molecule has 0 aromatic carbocycles. The third-order valence-corrected chi connectivity index (χ3v) is 2.40. The van der Waals surface area contributed by atoms with E-state index in [1.54, 1.807) is 0 Å². The van der Waals surface area contributed by atoms with Gasteiger partial charge in [-0.05, 0) is 13.5 Å². The lowest BCUT2D eigenvalue weighted by atomic mass is 10.4. The van der Waals surface area contributed by atoms with Crippen LogP contribution in [0.2, 0.25) is 0 Å². The molecule has 15 heavy (non-hydrogen) atoms. The first kappa shape index (κ1) is 12.9. The molecule has 0 aromatic heterocycles. The highest BCUT2D eigenvalue weighted by molar-refractivity contribution is 4.61. The summed E-state index contributed by atoms with van der Waals surface area (Å²) in [5, 5.41) is 3.39. The zero-order valence-corrected chi connectivity index (χ0v) is 10.2. The fourth-order valence-electron chi connectivity index (χ4n) is 1.53. The molecule has 4 heteroatoms. The van der Waals surface area contributed by atoms with Crippen molar-refractivity contribution >= 4 is 0 Å². The second-order valence-electron chi connectivity index (χ2n) is 4.40. The van der Waals surface area contributed by atoms with Crippen molar-refractivity contribution in [3.05, 3.63) is 0 Å². The topological polar surface area (TPSA) is 33.7 Å². The Morgan fingerprint density at radius 1 is 1.33 bits per heavy atom. The summed E-state index contributed by atoms with van der Waals surface area (Å²) in [4.78, 5) is 2.24. The smallest absolute Gasteiger partial charge is 0.170 e. The Morgan fingerprint density at radius 2 is 2.00 bits per heavy atom. The molecule has 0 atom stereocenters. The molecular formula is C11H24N2O2. The van der Waals surface area contributed by atoms with Crippen LogP contribution in [0.15, 0.2) is 0 Å². The summed E-state index contributed by atoms with van der Waals surface area (Å²) in [6.45, 7) is 8.90. The van der Waals surface area contributed by atoms with Gasteiger partial charge in [-0.15, -0.1) is 0 Å². The summed E-state index contributed by atoms with van der Waals surface area (Å²) in [7, 11) is 2.10. The van der Waals surface area contributed by atoms with Crippen LogP contribution in [-0.2, 0) is 9.47 Å². The van der Waals surface area contributed by atoms with Gasteiger partial charge in [0.15, 0.2) is 6.29 Å². The van der Waals surface area contributed by atoms with E-state index in [1.807, 2.05) is 0 Å². The third kappa shape index (κ3) is 6.10. The van der Waals surface area contributed by atoms with Crippen molar-refractivity contribution in [2.45, 2.75) is 32.6 Å². The summed E-state index contributed by atoms with van der Waals surface area (Å²) in [5.41, 5.74) is 0. The van der Waals surface area contributed by atoms with E-state index in [0.29, 0.717) is 6.04 Å². The van der Waals surface area contributed by atoms with E-state index >= 15 is 0 Å². The van der Waals surface area contributed by atoms with E-state index in [2.05, 4.69) is 31.1 Å². The van der Waals surface area contributed by atoms with Gasteiger partial charge < -0.3 is 19.7 Å². The predicted molar refractivity (Wildman–Crippen MR) is 60.9 cm³/mol. The normalized spacial score (nSPS) is 19.0. The Balaban J connectivity index is 2.03. The number of hydrogen-bond donors (Lipinski definition) is 1. The quantitative estimate of drug-likeness (QED) is 0.708. The van der Waals surface area contributed by atoms with Gasteiger partial charge in [-0.1, -0.05) is 13.8 Å². The average Bonchev–Trinajstić information content (AvgIpc) is 2.18. The minimum absolute atomic E-state index is 0.0252. The molecule has 1 N–H and O–H groups in total. The fraction of sp³-hybridized carbons (Fsp3) is 1.00. The average molecular weight is 216 g/mol. The van der Waals surface area contributed by atoms with Gasteiger partial charge >= 0.3 is 0 Å². The number of rotatable bonds is 6. The zero-order valence-electron chi connectivity index (χ0n) is 10.2. The lowest BCUT2D eigenvalue weighted by molar-refractivity contribution is -0.184. The van der Waals surface area contributed by atoms with Gasteiger partial charge in [0.05, 0.1) is 13.2 Å². The zero-order chi connectivity index (χ0) is 11.1. The molecule has 0 aliphatic carbocycles. The van der Waals surface area contributed by atoms with Crippen LogP contribution in [0.3, 0.4) is 0 Å². The maximum absolute atomic E-state index is 5.49. The first-order valence-corrected chi connectivity index (χ1v) is 5.83. The minimum Gasteiger partial charge on any atom is -0.351 e. The molecule has 1 aliphatic rings. The molecule has 1 rings (SSSR count). The van der Waals surface area contributed by atoms with Crippen LogP contribution in [0.25, 0.3) is 0 Å². The van der Waals surface area contributed by atoms with Crippen molar-refractivity contribution in [2.24, 2.45) is 0 Å². The Hall–Kier alpha value is -0.160. The first-order chi connectivity index (χ1) is 7.18. The summed E-state index contributed by atoms with van der Waals surface area (Å²) < 4.78 is 11.0. The number of ether oxygens (including phenoxy) is 2. The monoisotopic (exact) mass is 216 g/mol. The number of hydrogen-bond acceptors (Lipinski definition) is 4. The highest BCUT2D eigenvalue weighted by Crippen LogP contribution is 2.05. The van der Waals surface area contributed by atoms with Gasteiger partial charge in [-0.3, -0.25) is 0 Å². The van der Waals surface area contributed by atoms with Crippen LogP contribution in [0.4, 0.5) is 0 Å². The molecule has 0 radical (unpaired) electrons. The van der Waals surface area contributed by atoms with Crippen LogP contribution in [0.5, 0.6) is 0 Å². The maximum atomic E-state index is 5.49. The molecule has 0 spiro atoms. The Labute approximate surface area is 92.9 Å². The molecule has 1 saturated heterocycles. The first-order valence-electron chi connectivity index (χ1n) is 5.83. The Bertz CT molecular complexity index is 159. The van der Waals surface area contributed by atoms with Gasteiger partial charge in [-0.25, -0.2) is 0 Å². The van der Waals surface area contributed by atoms with Crippen LogP contribution in [-0.4, -0.2) is 57.1 Å². The molecule has 1 heterocycles. The lowest BCUT2D eigenvalue weighted by Crippen LogP contribution is -2.40. The minimum atomic E-state index is -0.0252. The lowest BCUT2D eigenvalue weighted by Gasteiger charge is -2.27. The van der Waals surface area contributed by atoms with Crippen LogP contribution >= 0.6 is 0 Å². The van der Waals surface area contributed by atoms with Gasteiger partial charge in [0.1, 0.15) is 0 Å². The van der Waals surface area contributed by atoms with Crippen molar-refractivity contribution < 1.29 is 9.47 Å². The molecule has 0 unspecified atom stereocenters. The standard InChI is InChI=1S/C11H24N2O2/c1-10(2)12-5-6-13(3)9-11-14-7-4-8-15-11/h10-12H,4-9H2,1-3H3. The maximum Gasteiger partial charge on any atom is 0.170 e. The summed E-state index contributed by atoms with van der Waals surface area (Å²) in [6, 6.07) is 0.556. The van der Waals surface area contributed by atoms with Gasteiger partial charge in [-0.2, -0.15) is 0 Å². The van der Waals surface area contributed by atoms with Crippen LogP contribution in [0.1, 0.15) is 20.3 Å². The highest BCUT2D eigenvalue weighted by atomic mass is 16.7. The van der Waals surface area contributed by atoms with Crippen LogP contribution < -0.4 is 5.32 Å². The fourth-order valence-corrected chi connectivity index (χ4v) is 1.53. The van der Waals surface area contributed by atoms with Gasteiger partial charge in [0, 0.05) is 25.7 Å². The summed E-state index contributed by atoms with van der Waals surface area (Å²) in [5.74, 6) is 0. The van der Waals surface area contributed by atoms with Crippen molar-refractivity contribution in [3.8, 4) is 0 Å². The van der Waals surface area contributed by atoms with E-state index in [9.17, 15) is 0 Å². The Kier molecular flexibility index (Phi) is 6.17. The summed E-state index contributed by atoms with van der Waals surface area (Å²) >= 11 is 0. The van der Waals surface area contributed by atoms with E-state index < -0.39 is 0 Å². The van der Waals surface area contributed by atoms with E-state index in [1.165, 1.54) is 0 Å². The Morgan fingerprint density at radius 3 is 2.60 bits per heavy atom. The molecule has 1 fully saturated rings. The number of nitrogens with one attached hydrogen (secondary N) is 1. The van der Waals surface area contributed by atoms with Gasteiger partial charge in [0.2, 0.25) is 0 Å². The van der Waals surface area contributed by atoms with Crippen molar-refractivity contribution in [1.29, 1.82) is 0 Å². The number of likely N-dealkylation sites (N-methyl/N-ethyl adjacent to an activating group) is 1. The SMILES string of the molecule is CC(C)NCCN(C)CC1OCCCO1. The molecular weight excluding hydrogens is 192 g/mol. The largest absolute Gasteiger partial charge is 0.351 e. The highest BCUT2D eigenvalue weighted by Gasteiger charge is 2.15. The van der Waals surface area contributed by atoms with Crippen molar-refractivity contribution in [2.75, 3.05) is 39.9 Å². The number of nitrogens with zero attached hydrogens (tertiary/aromatic N) is 1. The summed E-state index contributed by atoms with van der Waals surface area (Å²) in [6.07, 6.45) is 0.998. The van der Waals surface area contributed by atoms with Crippen LogP contribution in [0, 0.1) is 0 Å². The van der Waals surface area contributed by atoms with Gasteiger partial charge in [0.25, 0.3) is 0 Å². The molecule has 0 bridgehead atoms. The second-order valence-corrected chi connectivity index (χ2v) is 4.40. The van der Waals surface area contributed by atoms with E-state index in [4.69, 9.17) is 9.47 Å². The second kappa shape index (κ2) is 7.17. The molecule has 90 valence electrons. The van der Waals surface area contributed by atoms with E-state index in [0.717, 1.165) is 39.3 Å². The van der Waals surface area contributed by atoms with E-state index in [-0.39, 0.29) is 6.29 Å². The molecule has 0 saturated carbocycles. The van der Waals surface area contributed by atoms with Crippen molar-refractivity contribution in [3.63, 3.8) is 0 Å². The molecule has 1 aliphatic heterocycles.